The zero-order chi connectivity index (χ0) is 13.5. The molecule has 1 saturated heterocycles. The Morgan fingerprint density at radius 1 is 1.44 bits per heavy atom. The average molecular weight is 253 g/mol. The van der Waals surface area contributed by atoms with Gasteiger partial charge in [0.25, 0.3) is 0 Å². The van der Waals surface area contributed by atoms with Gasteiger partial charge in [-0.3, -0.25) is 0 Å². The van der Waals surface area contributed by atoms with Crippen LogP contribution in [0.25, 0.3) is 0 Å². The van der Waals surface area contributed by atoms with Crippen molar-refractivity contribution in [3.63, 3.8) is 0 Å². The normalized spacial score (nSPS) is 26.9. The molecule has 3 rings (SSSR count). The van der Waals surface area contributed by atoms with Crippen LogP contribution in [0.3, 0.4) is 0 Å². The molecule has 0 aromatic carbocycles. The van der Waals surface area contributed by atoms with E-state index < -0.39 is 12.7 Å². The smallest absolute Gasteiger partial charge is 0.444 e. The third kappa shape index (κ3) is 2.70. The van der Waals surface area contributed by atoms with E-state index in [1.54, 1.807) is 11.0 Å². The van der Waals surface area contributed by atoms with E-state index in [-0.39, 0.29) is 18.1 Å². The van der Waals surface area contributed by atoms with E-state index in [1.165, 1.54) is 0 Å². The van der Waals surface area contributed by atoms with Crippen LogP contribution in [0, 0.1) is 5.92 Å². The second-order valence-corrected chi connectivity index (χ2v) is 6.01. The van der Waals surface area contributed by atoms with Crippen LogP contribution in [0.4, 0.5) is 4.79 Å². The lowest BCUT2D eigenvalue weighted by Crippen LogP contribution is -2.53. The van der Waals surface area contributed by atoms with Gasteiger partial charge in [-0.25, -0.2) is 4.79 Å². The summed E-state index contributed by atoms with van der Waals surface area (Å²) in [6.45, 7) is 6.03. The van der Waals surface area contributed by atoms with Gasteiger partial charge in [-0.15, -0.1) is 0 Å². The van der Waals surface area contributed by atoms with Crippen LogP contribution < -0.4 is 0 Å². The predicted octanol–water partition coefficient (Wildman–Crippen LogP) is 0.954. The van der Waals surface area contributed by atoms with Crippen molar-refractivity contribution in [1.82, 2.24) is 4.90 Å². The van der Waals surface area contributed by atoms with Gasteiger partial charge < -0.3 is 19.7 Å². The van der Waals surface area contributed by atoms with Gasteiger partial charge >= 0.3 is 13.2 Å². The maximum Gasteiger partial charge on any atom is 0.484 e. The van der Waals surface area contributed by atoms with Crippen molar-refractivity contribution in [2.45, 2.75) is 45.3 Å². The van der Waals surface area contributed by atoms with Crippen molar-refractivity contribution in [3.05, 3.63) is 11.5 Å². The number of carbonyl (C=O) groups excluding carboxylic acids is 1. The van der Waals surface area contributed by atoms with Gasteiger partial charge in [-0.05, 0) is 45.0 Å². The SMILES string of the molecule is CC(C)(C)OC(=O)N1C[C@@H]2CC[C@H]1C=C2B(O)O. The van der Waals surface area contributed by atoms with Gasteiger partial charge in [0.15, 0.2) is 0 Å². The molecule has 18 heavy (non-hydrogen) atoms. The minimum Gasteiger partial charge on any atom is -0.444 e. The number of hydrogen-bond acceptors (Lipinski definition) is 4. The van der Waals surface area contributed by atoms with Gasteiger partial charge in [0.2, 0.25) is 0 Å². The second kappa shape index (κ2) is 4.59. The first-order chi connectivity index (χ1) is 8.28. The van der Waals surface area contributed by atoms with E-state index in [2.05, 4.69) is 0 Å². The number of amides is 1. The summed E-state index contributed by atoms with van der Waals surface area (Å²) in [5, 5.41) is 18.5. The highest BCUT2D eigenvalue weighted by Gasteiger charge is 2.41. The number of ether oxygens (including phenoxy) is 1. The Morgan fingerprint density at radius 3 is 2.56 bits per heavy atom. The molecule has 0 spiro atoms. The number of carbonyl (C=O) groups is 1. The summed E-state index contributed by atoms with van der Waals surface area (Å²) < 4.78 is 5.36. The van der Waals surface area contributed by atoms with E-state index in [0.717, 1.165) is 12.8 Å². The van der Waals surface area contributed by atoms with Crippen molar-refractivity contribution in [1.29, 1.82) is 0 Å². The van der Waals surface area contributed by atoms with Crippen molar-refractivity contribution in [3.8, 4) is 0 Å². The molecule has 0 saturated carbocycles. The molecule has 1 fully saturated rings. The number of fused-ring (bicyclic) bond motifs is 2. The summed E-state index contributed by atoms with van der Waals surface area (Å²) in [5.74, 6) is 0.0440. The lowest BCUT2D eigenvalue weighted by atomic mass is 9.64. The highest BCUT2D eigenvalue weighted by molar-refractivity contribution is 6.51. The summed E-state index contributed by atoms with van der Waals surface area (Å²) >= 11 is 0. The Labute approximate surface area is 108 Å². The van der Waals surface area contributed by atoms with Crippen LogP contribution in [0.2, 0.25) is 0 Å². The van der Waals surface area contributed by atoms with E-state index in [4.69, 9.17) is 4.74 Å². The van der Waals surface area contributed by atoms with Crippen LogP contribution in [0.1, 0.15) is 33.6 Å². The third-order valence-electron chi connectivity index (χ3n) is 3.41. The standard InChI is InChI=1S/C12H20BNO4/c1-12(2,3)18-11(15)14-7-8-4-5-9(14)6-10(8)13(16)17/h6,8-9,16-17H,4-5,7H2,1-3H3/t8-,9-/m0/s1. The predicted molar refractivity (Wildman–Crippen MR) is 67.7 cm³/mol. The monoisotopic (exact) mass is 253 g/mol. The highest BCUT2D eigenvalue weighted by atomic mass is 16.6. The fourth-order valence-electron chi connectivity index (χ4n) is 2.62. The van der Waals surface area contributed by atoms with E-state index in [1.807, 2.05) is 20.8 Å². The molecule has 2 aliphatic heterocycles. The minimum atomic E-state index is -1.40. The molecule has 0 unspecified atom stereocenters. The molecule has 0 aromatic rings. The molecule has 1 amide bonds. The Kier molecular flexibility index (Phi) is 3.42. The molecule has 2 atom stereocenters. The summed E-state index contributed by atoms with van der Waals surface area (Å²) in [6, 6.07) is -0.0679. The minimum absolute atomic E-state index is 0.0440. The van der Waals surface area contributed by atoms with Crippen molar-refractivity contribution in [2.75, 3.05) is 6.54 Å². The van der Waals surface area contributed by atoms with Crippen LogP contribution in [-0.2, 0) is 4.74 Å². The summed E-state index contributed by atoms with van der Waals surface area (Å²) in [6.07, 6.45) is 3.24. The molecule has 2 bridgehead atoms. The topological polar surface area (TPSA) is 70.0 Å². The molecule has 0 radical (unpaired) electrons. The van der Waals surface area contributed by atoms with Crippen LogP contribution in [-0.4, -0.2) is 46.3 Å². The number of piperidine rings is 1. The van der Waals surface area contributed by atoms with Crippen molar-refractivity contribution >= 4 is 13.2 Å². The maximum atomic E-state index is 12.0. The van der Waals surface area contributed by atoms with Gasteiger partial charge in [0, 0.05) is 6.54 Å². The number of nitrogens with zero attached hydrogens (tertiary/aromatic N) is 1. The van der Waals surface area contributed by atoms with Crippen LogP contribution in [0.5, 0.6) is 0 Å². The maximum absolute atomic E-state index is 12.0. The second-order valence-electron chi connectivity index (χ2n) is 6.01. The molecule has 100 valence electrons. The molecular formula is C12H20BNO4. The Balaban J connectivity index is 2.09. The first-order valence-corrected chi connectivity index (χ1v) is 6.35. The molecule has 3 aliphatic rings. The molecule has 5 nitrogen and oxygen atoms in total. The van der Waals surface area contributed by atoms with Gasteiger partial charge in [0.05, 0.1) is 6.04 Å². The fraction of sp³-hybridized carbons (Fsp3) is 0.750. The molecule has 0 aromatic heterocycles. The Morgan fingerprint density at radius 2 is 2.11 bits per heavy atom. The largest absolute Gasteiger partial charge is 0.484 e. The lowest BCUT2D eigenvalue weighted by Gasteiger charge is -2.44. The van der Waals surface area contributed by atoms with Crippen LogP contribution >= 0.6 is 0 Å². The molecule has 6 heteroatoms. The Bertz CT molecular complexity index is 375. The molecule has 1 aliphatic carbocycles. The lowest BCUT2D eigenvalue weighted by molar-refractivity contribution is 0.00805. The first kappa shape index (κ1) is 13.4. The molecular weight excluding hydrogens is 233 g/mol. The van der Waals surface area contributed by atoms with Gasteiger partial charge in [0.1, 0.15) is 5.60 Å². The third-order valence-corrected chi connectivity index (χ3v) is 3.41. The number of hydrogen-bond donors (Lipinski definition) is 2. The van der Waals surface area contributed by atoms with Crippen LogP contribution in [0.15, 0.2) is 11.5 Å². The number of rotatable bonds is 1. The van der Waals surface area contributed by atoms with Gasteiger partial charge in [-0.1, -0.05) is 6.08 Å². The van der Waals surface area contributed by atoms with Crippen molar-refractivity contribution in [2.24, 2.45) is 5.92 Å². The quantitative estimate of drug-likeness (QED) is 0.683. The highest BCUT2D eigenvalue weighted by Crippen LogP contribution is 2.35. The zero-order valence-electron chi connectivity index (χ0n) is 11.1. The summed E-state index contributed by atoms with van der Waals surface area (Å²) in [7, 11) is -1.40. The van der Waals surface area contributed by atoms with E-state index in [0.29, 0.717) is 12.0 Å². The molecule has 2 heterocycles. The van der Waals surface area contributed by atoms with E-state index in [9.17, 15) is 14.8 Å². The summed E-state index contributed by atoms with van der Waals surface area (Å²) in [4.78, 5) is 13.7. The summed E-state index contributed by atoms with van der Waals surface area (Å²) in [5.41, 5.74) is 0.141. The Hall–Kier alpha value is -1.01. The fourth-order valence-corrected chi connectivity index (χ4v) is 2.62. The average Bonchev–Trinajstić information content (AvgIpc) is 2.27. The molecule has 2 N–H and O–H groups in total. The zero-order valence-corrected chi connectivity index (χ0v) is 11.1. The van der Waals surface area contributed by atoms with Crippen molar-refractivity contribution < 1.29 is 19.6 Å². The first-order valence-electron chi connectivity index (χ1n) is 6.35. The van der Waals surface area contributed by atoms with Gasteiger partial charge in [-0.2, -0.15) is 0 Å². The van der Waals surface area contributed by atoms with E-state index >= 15 is 0 Å².